The van der Waals surface area contributed by atoms with Gasteiger partial charge < -0.3 is 9.47 Å². The van der Waals surface area contributed by atoms with Gasteiger partial charge in [-0.25, -0.2) is 13.1 Å². The minimum Gasteiger partial charge on any atom is -0.497 e. The molecular formula is C18H23NO4S. The van der Waals surface area contributed by atoms with E-state index >= 15 is 0 Å². The van der Waals surface area contributed by atoms with Crippen molar-refractivity contribution < 1.29 is 17.9 Å². The Morgan fingerprint density at radius 3 is 2.08 bits per heavy atom. The van der Waals surface area contributed by atoms with E-state index in [1.165, 1.54) is 0 Å². The number of nitrogens with one attached hydrogen (secondary N) is 1. The van der Waals surface area contributed by atoms with Crippen LogP contribution in [0.15, 0.2) is 53.4 Å². The molecule has 24 heavy (non-hydrogen) atoms. The molecule has 0 saturated carbocycles. The van der Waals surface area contributed by atoms with Crippen molar-refractivity contribution in [1.82, 2.24) is 4.72 Å². The SMILES string of the molecule is COc1ccc(CNS(=O)(=O)c2ccc(OCC(C)C)cc2)cc1. The maximum Gasteiger partial charge on any atom is 0.240 e. The average Bonchev–Trinajstić information content (AvgIpc) is 2.59. The lowest BCUT2D eigenvalue weighted by Crippen LogP contribution is -2.23. The Kier molecular flexibility index (Phi) is 6.23. The molecule has 0 bridgehead atoms. The van der Waals surface area contributed by atoms with Crippen molar-refractivity contribution in [3.8, 4) is 11.5 Å². The van der Waals surface area contributed by atoms with Crippen LogP contribution in [-0.4, -0.2) is 22.1 Å². The monoisotopic (exact) mass is 349 g/mol. The number of rotatable bonds is 8. The molecule has 6 heteroatoms. The van der Waals surface area contributed by atoms with Crippen molar-refractivity contribution in [2.45, 2.75) is 25.3 Å². The summed E-state index contributed by atoms with van der Waals surface area (Å²) in [4.78, 5) is 0.216. The number of hydrogen-bond acceptors (Lipinski definition) is 4. The predicted octanol–water partition coefficient (Wildman–Crippen LogP) is 3.21. The Hall–Kier alpha value is -2.05. The van der Waals surface area contributed by atoms with E-state index in [0.29, 0.717) is 18.3 Å². The van der Waals surface area contributed by atoms with Gasteiger partial charge in [-0.05, 0) is 47.9 Å². The van der Waals surface area contributed by atoms with Gasteiger partial charge >= 0.3 is 0 Å². The van der Waals surface area contributed by atoms with E-state index in [1.807, 2.05) is 12.1 Å². The summed E-state index contributed by atoms with van der Waals surface area (Å²) in [6.45, 7) is 4.93. The van der Waals surface area contributed by atoms with E-state index in [2.05, 4.69) is 18.6 Å². The standard InChI is InChI=1S/C18H23NO4S/c1-14(2)13-23-17-8-10-18(11-9-17)24(20,21)19-12-15-4-6-16(22-3)7-5-15/h4-11,14,19H,12-13H2,1-3H3. The molecule has 2 aromatic rings. The largest absolute Gasteiger partial charge is 0.497 e. The summed E-state index contributed by atoms with van der Waals surface area (Å²) in [6, 6.07) is 13.7. The van der Waals surface area contributed by atoms with Gasteiger partial charge in [-0.2, -0.15) is 0 Å². The molecule has 0 radical (unpaired) electrons. The maximum absolute atomic E-state index is 12.3. The molecule has 0 aliphatic rings. The molecule has 0 fully saturated rings. The molecule has 0 unspecified atom stereocenters. The molecule has 0 heterocycles. The highest BCUT2D eigenvalue weighted by atomic mass is 32.2. The first-order valence-electron chi connectivity index (χ1n) is 7.76. The van der Waals surface area contributed by atoms with Gasteiger partial charge in [0.15, 0.2) is 0 Å². The van der Waals surface area contributed by atoms with E-state index in [-0.39, 0.29) is 11.4 Å². The Balaban J connectivity index is 1.98. The lowest BCUT2D eigenvalue weighted by molar-refractivity contribution is 0.271. The zero-order chi connectivity index (χ0) is 17.6. The van der Waals surface area contributed by atoms with E-state index < -0.39 is 10.0 Å². The Bertz CT molecular complexity index is 738. The minimum absolute atomic E-state index is 0.216. The van der Waals surface area contributed by atoms with Gasteiger partial charge in [-0.1, -0.05) is 26.0 Å². The van der Waals surface area contributed by atoms with E-state index in [0.717, 1.165) is 11.3 Å². The van der Waals surface area contributed by atoms with Crippen LogP contribution in [-0.2, 0) is 16.6 Å². The van der Waals surface area contributed by atoms with Crippen molar-refractivity contribution in [2.24, 2.45) is 5.92 Å². The van der Waals surface area contributed by atoms with Gasteiger partial charge in [0.2, 0.25) is 10.0 Å². The molecule has 0 spiro atoms. The minimum atomic E-state index is -3.56. The van der Waals surface area contributed by atoms with Gasteiger partial charge in [0, 0.05) is 6.54 Å². The van der Waals surface area contributed by atoms with Crippen molar-refractivity contribution in [1.29, 1.82) is 0 Å². The molecule has 0 atom stereocenters. The van der Waals surface area contributed by atoms with Crippen LogP contribution in [0, 0.1) is 5.92 Å². The number of hydrogen-bond donors (Lipinski definition) is 1. The highest BCUT2D eigenvalue weighted by Crippen LogP contribution is 2.17. The van der Waals surface area contributed by atoms with Crippen LogP contribution in [0.1, 0.15) is 19.4 Å². The molecule has 130 valence electrons. The Morgan fingerprint density at radius 2 is 1.54 bits per heavy atom. The molecule has 2 rings (SSSR count). The fourth-order valence-corrected chi connectivity index (χ4v) is 3.00. The lowest BCUT2D eigenvalue weighted by Gasteiger charge is -2.10. The van der Waals surface area contributed by atoms with Crippen LogP contribution in [0.4, 0.5) is 0 Å². The summed E-state index contributed by atoms with van der Waals surface area (Å²) in [5, 5.41) is 0. The fourth-order valence-electron chi connectivity index (χ4n) is 1.98. The first-order valence-corrected chi connectivity index (χ1v) is 9.24. The number of sulfonamides is 1. The molecular weight excluding hydrogens is 326 g/mol. The molecule has 0 aromatic heterocycles. The third kappa shape index (κ3) is 5.25. The second-order valence-corrected chi connectivity index (χ2v) is 7.62. The van der Waals surface area contributed by atoms with Crippen LogP contribution in [0.5, 0.6) is 11.5 Å². The third-order valence-electron chi connectivity index (χ3n) is 3.34. The second kappa shape index (κ2) is 8.17. The highest BCUT2D eigenvalue weighted by Gasteiger charge is 2.13. The van der Waals surface area contributed by atoms with Gasteiger partial charge in [0.25, 0.3) is 0 Å². The van der Waals surface area contributed by atoms with Crippen LogP contribution in [0.25, 0.3) is 0 Å². The maximum atomic E-state index is 12.3. The van der Waals surface area contributed by atoms with Crippen LogP contribution >= 0.6 is 0 Å². The predicted molar refractivity (Wildman–Crippen MR) is 93.8 cm³/mol. The summed E-state index contributed by atoms with van der Waals surface area (Å²) in [7, 11) is -1.97. The van der Waals surface area contributed by atoms with E-state index in [1.54, 1.807) is 43.5 Å². The van der Waals surface area contributed by atoms with Crippen LogP contribution in [0.3, 0.4) is 0 Å². The fraction of sp³-hybridized carbons (Fsp3) is 0.333. The lowest BCUT2D eigenvalue weighted by atomic mass is 10.2. The quantitative estimate of drug-likeness (QED) is 0.795. The van der Waals surface area contributed by atoms with Crippen LogP contribution < -0.4 is 14.2 Å². The smallest absolute Gasteiger partial charge is 0.240 e. The third-order valence-corrected chi connectivity index (χ3v) is 4.76. The normalized spacial score (nSPS) is 11.5. The Morgan fingerprint density at radius 1 is 0.958 bits per heavy atom. The summed E-state index contributed by atoms with van der Waals surface area (Å²) in [5.41, 5.74) is 0.858. The molecule has 2 aromatic carbocycles. The van der Waals surface area contributed by atoms with E-state index in [4.69, 9.17) is 9.47 Å². The van der Waals surface area contributed by atoms with Gasteiger partial charge in [-0.15, -0.1) is 0 Å². The molecule has 0 saturated heterocycles. The molecule has 1 N–H and O–H groups in total. The van der Waals surface area contributed by atoms with Gasteiger partial charge in [0.05, 0.1) is 18.6 Å². The Labute approximate surface area is 143 Å². The molecule has 5 nitrogen and oxygen atoms in total. The summed E-state index contributed by atoms with van der Waals surface area (Å²) in [5.74, 6) is 1.82. The zero-order valence-electron chi connectivity index (χ0n) is 14.2. The topological polar surface area (TPSA) is 64.6 Å². The van der Waals surface area contributed by atoms with Crippen molar-refractivity contribution in [3.63, 3.8) is 0 Å². The molecule has 0 amide bonds. The summed E-state index contributed by atoms with van der Waals surface area (Å²) in [6.07, 6.45) is 0. The highest BCUT2D eigenvalue weighted by molar-refractivity contribution is 7.89. The van der Waals surface area contributed by atoms with Gasteiger partial charge in [-0.3, -0.25) is 0 Å². The van der Waals surface area contributed by atoms with Crippen LogP contribution in [0.2, 0.25) is 0 Å². The van der Waals surface area contributed by atoms with E-state index in [9.17, 15) is 8.42 Å². The van der Waals surface area contributed by atoms with Crippen molar-refractivity contribution in [3.05, 3.63) is 54.1 Å². The first kappa shape index (κ1) is 18.3. The summed E-state index contributed by atoms with van der Waals surface area (Å²) < 4.78 is 37.9. The molecule has 0 aliphatic heterocycles. The number of methoxy groups -OCH3 is 1. The second-order valence-electron chi connectivity index (χ2n) is 5.85. The first-order chi connectivity index (χ1) is 11.4. The number of benzene rings is 2. The number of ether oxygens (including phenoxy) is 2. The zero-order valence-corrected chi connectivity index (χ0v) is 15.0. The molecule has 0 aliphatic carbocycles. The average molecular weight is 349 g/mol. The van der Waals surface area contributed by atoms with Crippen molar-refractivity contribution >= 4 is 10.0 Å². The summed E-state index contributed by atoms with van der Waals surface area (Å²) >= 11 is 0. The van der Waals surface area contributed by atoms with Gasteiger partial charge in [0.1, 0.15) is 11.5 Å². The van der Waals surface area contributed by atoms with Crippen molar-refractivity contribution in [2.75, 3.05) is 13.7 Å².